The van der Waals surface area contributed by atoms with Gasteiger partial charge in [-0.15, -0.1) is 0 Å². The van der Waals surface area contributed by atoms with Gasteiger partial charge in [0, 0.05) is 24.2 Å². The maximum Gasteiger partial charge on any atom is 0.235 e. The Balaban J connectivity index is 1.74. The van der Waals surface area contributed by atoms with E-state index in [1.807, 2.05) is 42.1 Å². The molecule has 0 aliphatic heterocycles. The number of hydrogen-bond donors (Lipinski definition) is 1. The molecule has 0 amide bonds. The molecule has 0 unspecified atom stereocenters. The highest BCUT2D eigenvalue weighted by Crippen LogP contribution is 2.34. The van der Waals surface area contributed by atoms with Crippen LogP contribution in [0.2, 0.25) is 0 Å². The molecule has 1 fully saturated rings. The number of rotatable bonds is 4. The quantitative estimate of drug-likeness (QED) is 0.780. The van der Waals surface area contributed by atoms with Crippen molar-refractivity contribution in [1.29, 1.82) is 5.26 Å². The van der Waals surface area contributed by atoms with E-state index in [1.165, 1.54) is 0 Å². The van der Waals surface area contributed by atoms with Crippen molar-refractivity contribution in [2.24, 2.45) is 7.05 Å². The molecule has 0 atom stereocenters. The Hall–Kier alpha value is -2.78. The van der Waals surface area contributed by atoms with Crippen molar-refractivity contribution >= 4 is 26.6 Å². The molecule has 0 bridgehead atoms. The predicted molar refractivity (Wildman–Crippen MR) is 98.6 cm³/mol. The molecule has 5 nitrogen and oxygen atoms in total. The van der Waals surface area contributed by atoms with Crippen LogP contribution in [0.15, 0.2) is 48.7 Å². The third-order valence-electron chi connectivity index (χ3n) is 4.54. The van der Waals surface area contributed by atoms with Gasteiger partial charge in [0.25, 0.3) is 0 Å². The first-order valence-electron chi connectivity index (χ1n) is 8.09. The maximum absolute atomic E-state index is 12.1. The van der Waals surface area contributed by atoms with E-state index < -0.39 is 10.0 Å². The van der Waals surface area contributed by atoms with E-state index in [2.05, 4.69) is 10.8 Å². The Bertz CT molecular complexity index is 1100. The van der Waals surface area contributed by atoms with Crippen LogP contribution in [0.5, 0.6) is 0 Å². The standard InChI is InChI=1S/C19H17N3O2S/c1-22-12-18(14-4-2-13(11-20)3-5-14)17-9-6-15(10-19(17)22)21-25(23,24)16-7-8-16/h2-6,9-10,12,16,21H,7-8H2,1H3. The summed E-state index contributed by atoms with van der Waals surface area (Å²) >= 11 is 0. The lowest BCUT2D eigenvalue weighted by molar-refractivity contribution is 0.600. The number of anilines is 1. The minimum absolute atomic E-state index is 0.245. The Morgan fingerprint density at radius 2 is 1.88 bits per heavy atom. The molecule has 0 saturated heterocycles. The van der Waals surface area contributed by atoms with E-state index in [-0.39, 0.29) is 5.25 Å². The largest absolute Gasteiger partial charge is 0.350 e. The highest BCUT2D eigenvalue weighted by Gasteiger charge is 2.35. The topological polar surface area (TPSA) is 74.9 Å². The molecular formula is C19H17N3O2S. The van der Waals surface area contributed by atoms with Crippen molar-refractivity contribution in [3.63, 3.8) is 0 Å². The molecule has 1 aliphatic carbocycles. The number of nitrogens with one attached hydrogen (secondary N) is 1. The molecule has 126 valence electrons. The third-order valence-corrected chi connectivity index (χ3v) is 6.41. The molecular weight excluding hydrogens is 334 g/mol. The number of nitriles is 1. The average Bonchev–Trinajstić information content (AvgIpc) is 3.41. The van der Waals surface area contributed by atoms with Crippen LogP contribution in [0.4, 0.5) is 5.69 Å². The van der Waals surface area contributed by atoms with E-state index >= 15 is 0 Å². The van der Waals surface area contributed by atoms with E-state index in [0.717, 1.165) is 34.9 Å². The van der Waals surface area contributed by atoms with Crippen LogP contribution in [-0.2, 0) is 17.1 Å². The second-order valence-electron chi connectivity index (χ2n) is 6.42. The molecule has 2 aromatic carbocycles. The highest BCUT2D eigenvalue weighted by molar-refractivity contribution is 7.93. The molecule has 3 aromatic rings. The number of fused-ring (bicyclic) bond motifs is 1. The first-order valence-corrected chi connectivity index (χ1v) is 9.64. The summed E-state index contributed by atoms with van der Waals surface area (Å²) < 4.78 is 28.9. The Labute approximate surface area is 146 Å². The van der Waals surface area contributed by atoms with Crippen LogP contribution in [0.25, 0.3) is 22.0 Å². The van der Waals surface area contributed by atoms with Crippen LogP contribution < -0.4 is 4.72 Å². The van der Waals surface area contributed by atoms with Gasteiger partial charge in [-0.25, -0.2) is 8.42 Å². The van der Waals surface area contributed by atoms with Crippen molar-refractivity contribution in [2.75, 3.05) is 4.72 Å². The van der Waals surface area contributed by atoms with Gasteiger partial charge in [0.2, 0.25) is 10.0 Å². The smallest absolute Gasteiger partial charge is 0.235 e. The lowest BCUT2D eigenvalue weighted by atomic mass is 10.0. The SMILES string of the molecule is Cn1cc(-c2ccc(C#N)cc2)c2ccc(NS(=O)(=O)C3CC3)cc21. The monoisotopic (exact) mass is 351 g/mol. The number of aromatic nitrogens is 1. The molecule has 1 aliphatic rings. The summed E-state index contributed by atoms with van der Waals surface area (Å²) in [4.78, 5) is 0. The molecule has 0 spiro atoms. The minimum atomic E-state index is -3.26. The highest BCUT2D eigenvalue weighted by atomic mass is 32.2. The first-order chi connectivity index (χ1) is 12.0. The van der Waals surface area contributed by atoms with E-state index in [1.54, 1.807) is 18.2 Å². The number of benzene rings is 2. The molecule has 4 rings (SSSR count). The van der Waals surface area contributed by atoms with Gasteiger partial charge in [0.05, 0.1) is 28.1 Å². The fourth-order valence-corrected chi connectivity index (χ4v) is 4.41. The van der Waals surface area contributed by atoms with E-state index in [4.69, 9.17) is 5.26 Å². The zero-order chi connectivity index (χ0) is 17.6. The molecule has 1 saturated carbocycles. The second kappa shape index (κ2) is 5.64. The summed E-state index contributed by atoms with van der Waals surface area (Å²) in [7, 11) is -1.33. The van der Waals surface area contributed by atoms with Crippen molar-refractivity contribution in [3.05, 3.63) is 54.2 Å². The lowest BCUT2D eigenvalue weighted by Gasteiger charge is -2.08. The molecule has 1 aromatic heterocycles. The van der Waals surface area contributed by atoms with Crippen LogP contribution >= 0.6 is 0 Å². The van der Waals surface area contributed by atoms with Gasteiger partial charge >= 0.3 is 0 Å². The summed E-state index contributed by atoms with van der Waals surface area (Å²) in [5.74, 6) is 0. The zero-order valence-corrected chi connectivity index (χ0v) is 14.5. The van der Waals surface area contributed by atoms with E-state index in [0.29, 0.717) is 11.3 Å². The van der Waals surface area contributed by atoms with Crippen molar-refractivity contribution in [1.82, 2.24) is 4.57 Å². The minimum Gasteiger partial charge on any atom is -0.350 e. The Kier molecular flexibility index (Phi) is 3.55. The summed E-state index contributed by atoms with van der Waals surface area (Å²) in [6.07, 6.45) is 3.50. The molecule has 1 N–H and O–H groups in total. The summed E-state index contributed by atoms with van der Waals surface area (Å²) in [6.45, 7) is 0. The zero-order valence-electron chi connectivity index (χ0n) is 13.7. The molecule has 25 heavy (non-hydrogen) atoms. The molecule has 1 heterocycles. The first kappa shape index (κ1) is 15.7. The van der Waals surface area contributed by atoms with Crippen LogP contribution in [-0.4, -0.2) is 18.2 Å². The number of sulfonamides is 1. The van der Waals surface area contributed by atoms with Crippen molar-refractivity contribution < 1.29 is 8.42 Å². The van der Waals surface area contributed by atoms with Gasteiger partial charge in [0.15, 0.2) is 0 Å². The number of nitrogens with zero attached hydrogens (tertiary/aromatic N) is 2. The summed E-state index contributed by atoms with van der Waals surface area (Å²) in [6, 6.07) is 15.2. The fourth-order valence-electron chi connectivity index (χ4n) is 3.03. The van der Waals surface area contributed by atoms with Gasteiger partial charge < -0.3 is 4.57 Å². The van der Waals surface area contributed by atoms with Crippen molar-refractivity contribution in [3.8, 4) is 17.2 Å². The van der Waals surface area contributed by atoms with Crippen LogP contribution in [0.1, 0.15) is 18.4 Å². The van der Waals surface area contributed by atoms with Crippen LogP contribution in [0.3, 0.4) is 0 Å². The van der Waals surface area contributed by atoms with E-state index in [9.17, 15) is 8.42 Å². The normalized spacial score (nSPS) is 14.4. The summed E-state index contributed by atoms with van der Waals surface area (Å²) in [5, 5.41) is 9.73. The second-order valence-corrected chi connectivity index (χ2v) is 8.38. The van der Waals surface area contributed by atoms with Gasteiger partial charge in [-0.05, 0) is 42.7 Å². The van der Waals surface area contributed by atoms with Gasteiger partial charge in [-0.1, -0.05) is 18.2 Å². The van der Waals surface area contributed by atoms with Gasteiger partial charge in [0.1, 0.15) is 0 Å². The van der Waals surface area contributed by atoms with Gasteiger partial charge in [-0.3, -0.25) is 4.72 Å². The molecule has 6 heteroatoms. The number of aryl methyl sites for hydroxylation is 1. The Morgan fingerprint density at radius 1 is 1.16 bits per heavy atom. The fraction of sp³-hybridized carbons (Fsp3) is 0.211. The third kappa shape index (κ3) is 2.87. The average molecular weight is 351 g/mol. The van der Waals surface area contributed by atoms with Gasteiger partial charge in [-0.2, -0.15) is 5.26 Å². The van der Waals surface area contributed by atoms with Crippen LogP contribution in [0, 0.1) is 11.3 Å². The maximum atomic E-state index is 12.1. The predicted octanol–water partition coefficient (Wildman–Crippen LogP) is 3.62. The molecule has 0 radical (unpaired) electrons. The van der Waals surface area contributed by atoms with Crippen molar-refractivity contribution in [2.45, 2.75) is 18.1 Å². The number of hydrogen-bond acceptors (Lipinski definition) is 3. The Morgan fingerprint density at radius 3 is 2.52 bits per heavy atom. The lowest BCUT2D eigenvalue weighted by Crippen LogP contribution is -2.17. The summed E-state index contributed by atoms with van der Waals surface area (Å²) in [5.41, 5.74) is 4.25.